The van der Waals surface area contributed by atoms with Gasteiger partial charge in [-0.3, -0.25) is 9.69 Å². The second-order valence-electron chi connectivity index (χ2n) is 6.79. The number of benzene rings is 1. The standard InChI is InChI=1S/C19H30N2O3/c1-14-7-5-6-8-17(14)20-19(22)13-21(2)12-15-9-10-16(23-3)11-18(15)24-4/h9-11,14,17H,5-8,12-13H2,1-4H3,(H,20,22)/t14-,17-/m0/s1. The van der Waals surface area contributed by atoms with Crippen molar-refractivity contribution in [1.29, 1.82) is 0 Å². The van der Waals surface area contributed by atoms with Crippen molar-refractivity contribution in [3.05, 3.63) is 23.8 Å². The van der Waals surface area contributed by atoms with Crippen molar-refractivity contribution < 1.29 is 14.3 Å². The summed E-state index contributed by atoms with van der Waals surface area (Å²) in [7, 11) is 5.24. The Morgan fingerprint density at radius 2 is 2.00 bits per heavy atom. The zero-order chi connectivity index (χ0) is 17.5. The van der Waals surface area contributed by atoms with E-state index < -0.39 is 0 Å². The molecule has 5 heteroatoms. The molecular weight excluding hydrogens is 304 g/mol. The number of carbonyl (C=O) groups is 1. The summed E-state index contributed by atoms with van der Waals surface area (Å²) in [6.07, 6.45) is 4.81. The molecule has 1 fully saturated rings. The van der Waals surface area contributed by atoms with E-state index in [0.29, 0.717) is 25.0 Å². The molecule has 0 bridgehead atoms. The number of likely N-dealkylation sites (N-methyl/N-ethyl adjacent to an activating group) is 1. The van der Waals surface area contributed by atoms with Crippen LogP contribution < -0.4 is 14.8 Å². The third-order valence-electron chi connectivity index (χ3n) is 4.81. The van der Waals surface area contributed by atoms with Crippen molar-refractivity contribution in [2.24, 2.45) is 5.92 Å². The molecule has 1 aliphatic carbocycles. The topological polar surface area (TPSA) is 50.8 Å². The number of amides is 1. The van der Waals surface area contributed by atoms with Crippen molar-refractivity contribution in [2.75, 3.05) is 27.8 Å². The van der Waals surface area contributed by atoms with Gasteiger partial charge in [0.2, 0.25) is 5.91 Å². The van der Waals surface area contributed by atoms with Crippen molar-refractivity contribution >= 4 is 5.91 Å². The van der Waals surface area contributed by atoms with E-state index in [-0.39, 0.29) is 5.91 Å². The number of nitrogens with zero attached hydrogens (tertiary/aromatic N) is 1. The normalized spacial score (nSPS) is 20.7. The van der Waals surface area contributed by atoms with E-state index in [1.54, 1.807) is 14.2 Å². The fourth-order valence-corrected chi connectivity index (χ4v) is 3.36. The summed E-state index contributed by atoms with van der Waals surface area (Å²) in [5.41, 5.74) is 1.04. The first kappa shape index (κ1) is 18.6. The maximum atomic E-state index is 12.3. The van der Waals surface area contributed by atoms with Crippen LogP contribution in [0.4, 0.5) is 0 Å². The van der Waals surface area contributed by atoms with Crippen LogP contribution in [0, 0.1) is 5.92 Å². The van der Waals surface area contributed by atoms with Gasteiger partial charge in [0.1, 0.15) is 11.5 Å². The molecule has 0 heterocycles. The van der Waals surface area contributed by atoms with Gasteiger partial charge in [-0.2, -0.15) is 0 Å². The highest BCUT2D eigenvalue weighted by Gasteiger charge is 2.23. The average Bonchev–Trinajstić information content (AvgIpc) is 2.57. The molecule has 2 rings (SSSR count). The lowest BCUT2D eigenvalue weighted by atomic mass is 9.86. The lowest BCUT2D eigenvalue weighted by molar-refractivity contribution is -0.123. The van der Waals surface area contributed by atoms with Gasteiger partial charge < -0.3 is 14.8 Å². The SMILES string of the molecule is COc1ccc(CN(C)CC(=O)N[C@H]2CCCC[C@@H]2C)c(OC)c1. The maximum absolute atomic E-state index is 12.3. The van der Waals surface area contributed by atoms with E-state index in [1.165, 1.54) is 19.3 Å². The first-order chi connectivity index (χ1) is 11.5. The van der Waals surface area contributed by atoms with Crippen molar-refractivity contribution in [2.45, 2.75) is 45.2 Å². The van der Waals surface area contributed by atoms with Gasteiger partial charge in [0, 0.05) is 24.2 Å². The van der Waals surface area contributed by atoms with E-state index >= 15 is 0 Å². The molecule has 2 atom stereocenters. The van der Waals surface area contributed by atoms with Gasteiger partial charge in [0.15, 0.2) is 0 Å². The van der Waals surface area contributed by atoms with Gasteiger partial charge in [-0.05, 0) is 31.9 Å². The predicted molar refractivity (Wildman–Crippen MR) is 95.4 cm³/mol. The summed E-state index contributed by atoms with van der Waals surface area (Å²) >= 11 is 0. The Morgan fingerprint density at radius 1 is 1.25 bits per heavy atom. The highest BCUT2D eigenvalue weighted by atomic mass is 16.5. The Bertz CT molecular complexity index is 547. The monoisotopic (exact) mass is 334 g/mol. The van der Waals surface area contributed by atoms with Gasteiger partial charge in [-0.15, -0.1) is 0 Å². The third-order valence-corrected chi connectivity index (χ3v) is 4.81. The number of methoxy groups -OCH3 is 2. The summed E-state index contributed by atoms with van der Waals surface area (Å²) in [6, 6.07) is 6.09. The van der Waals surface area contributed by atoms with Gasteiger partial charge in [-0.25, -0.2) is 0 Å². The second kappa shape index (κ2) is 8.92. The summed E-state index contributed by atoms with van der Waals surface area (Å²) in [5.74, 6) is 2.23. The molecule has 0 aromatic heterocycles. The zero-order valence-electron chi connectivity index (χ0n) is 15.3. The molecule has 0 aliphatic heterocycles. The molecule has 0 radical (unpaired) electrons. The van der Waals surface area contributed by atoms with Crippen LogP contribution in [0.25, 0.3) is 0 Å². The first-order valence-electron chi connectivity index (χ1n) is 8.72. The summed E-state index contributed by atoms with van der Waals surface area (Å²) in [5, 5.41) is 3.20. The number of hydrogen-bond donors (Lipinski definition) is 1. The summed E-state index contributed by atoms with van der Waals surface area (Å²) in [6.45, 7) is 3.27. The van der Waals surface area contributed by atoms with E-state index in [4.69, 9.17) is 9.47 Å². The van der Waals surface area contributed by atoms with Gasteiger partial charge >= 0.3 is 0 Å². The van der Waals surface area contributed by atoms with E-state index in [2.05, 4.69) is 12.2 Å². The minimum atomic E-state index is 0.101. The molecule has 1 saturated carbocycles. The second-order valence-corrected chi connectivity index (χ2v) is 6.79. The molecule has 1 aliphatic rings. The number of carbonyl (C=O) groups excluding carboxylic acids is 1. The first-order valence-corrected chi connectivity index (χ1v) is 8.72. The third kappa shape index (κ3) is 5.13. The minimum Gasteiger partial charge on any atom is -0.497 e. The molecule has 0 unspecified atom stereocenters. The van der Waals surface area contributed by atoms with Gasteiger partial charge in [0.05, 0.1) is 20.8 Å². The molecule has 24 heavy (non-hydrogen) atoms. The highest BCUT2D eigenvalue weighted by Crippen LogP contribution is 2.26. The Labute approximate surface area is 145 Å². The Morgan fingerprint density at radius 3 is 2.67 bits per heavy atom. The van der Waals surface area contributed by atoms with Crippen molar-refractivity contribution in [3.63, 3.8) is 0 Å². The Kier molecular flexibility index (Phi) is 6.91. The molecular formula is C19H30N2O3. The number of rotatable bonds is 7. The van der Waals surface area contributed by atoms with Crippen molar-refractivity contribution in [1.82, 2.24) is 10.2 Å². The van der Waals surface area contributed by atoms with Crippen LogP contribution in [0.1, 0.15) is 38.2 Å². The number of hydrogen-bond acceptors (Lipinski definition) is 4. The summed E-state index contributed by atoms with van der Waals surface area (Å²) in [4.78, 5) is 14.3. The van der Waals surface area contributed by atoms with E-state index in [0.717, 1.165) is 23.5 Å². The molecule has 1 aromatic carbocycles. The largest absolute Gasteiger partial charge is 0.497 e. The molecule has 0 spiro atoms. The van der Waals surface area contributed by atoms with Crippen LogP contribution in [0.2, 0.25) is 0 Å². The number of ether oxygens (including phenoxy) is 2. The number of nitrogens with one attached hydrogen (secondary N) is 1. The van der Waals surface area contributed by atoms with Crippen LogP contribution >= 0.6 is 0 Å². The Balaban J connectivity index is 1.88. The highest BCUT2D eigenvalue weighted by molar-refractivity contribution is 5.78. The van der Waals surface area contributed by atoms with Crippen LogP contribution in [0.3, 0.4) is 0 Å². The quantitative estimate of drug-likeness (QED) is 0.833. The minimum absolute atomic E-state index is 0.101. The van der Waals surface area contributed by atoms with Gasteiger partial charge in [-0.1, -0.05) is 25.8 Å². The molecule has 1 amide bonds. The fourth-order valence-electron chi connectivity index (χ4n) is 3.36. The lowest BCUT2D eigenvalue weighted by Gasteiger charge is -2.30. The summed E-state index contributed by atoms with van der Waals surface area (Å²) < 4.78 is 10.6. The molecule has 1 N–H and O–H groups in total. The molecule has 134 valence electrons. The van der Waals surface area contributed by atoms with Crippen LogP contribution in [-0.4, -0.2) is 44.7 Å². The van der Waals surface area contributed by atoms with Crippen LogP contribution in [0.15, 0.2) is 18.2 Å². The van der Waals surface area contributed by atoms with E-state index in [9.17, 15) is 4.79 Å². The Hall–Kier alpha value is -1.75. The fraction of sp³-hybridized carbons (Fsp3) is 0.632. The van der Waals surface area contributed by atoms with Crippen molar-refractivity contribution in [3.8, 4) is 11.5 Å². The smallest absolute Gasteiger partial charge is 0.234 e. The lowest BCUT2D eigenvalue weighted by Crippen LogP contribution is -2.44. The molecule has 0 saturated heterocycles. The zero-order valence-corrected chi connectivity index (χ0v) is 15.3. The predicted octanol–water partition coefficient (Wildman–Crippen LogP) is 2.83. The molecule has 1 aromatic rings. The van der Waals surface area contributed by atoms with Crippen LogP contribution in [0.5, 0.6) is 11.5 Å². The average molecular weight is 334 g/mol. The van der Waals surface area contributed by atoms with Crippen LogP contribution in [-0.2, 0) is 11.3 Å². The molecule has 5 nitrogen and oxygen atoms in total. The van der Waals surface area contributed by atoms with Gasteiger partial charge in [0.25, 0.3) is 0 Å². The van der Waals surface area contributed by atoms with E-state index in [1.807, 2.05) is 30.1 Å². The maximum Gasteiger partial charge on any atom is 0.234 e.